The van der Waals surface area contributed by atoms with Crippen molar-refractivity contribution in [2.24, 2.45) is 0 Å². The molecule has 0 unspecified atom stereocenters. The number of ether oxygens (including phenoxy) is 5. The molecule has 3 aromatic rings. The maximum atomic E-state index is 12.7. The fraction of sp³-hybridized carbons (Fsp3) is 0.387. The smallest absolute Gasteiger partial charge is 0.410 e. The van der Waals surface area contributed by atoms with Crippen LogP contribution in [-0.2, 0) is 33.8 Å². The van der Waals surface area contributed by atoms with Crippen molar-refractivity contribution in [3.05, 3.63) is 95.1 Å². The van der Waals surface area contributed by atoms with Gasteiger partial charge in [0.25, 0.3) is 0 Å². The molecule has 2 aliphatic heterocycles. The summed E-state index contributed by atoms with van der Waals surface area (Å²) in [6.07, 6.45) is 0.123. The Kier molecular flexibility index (Phi) is 7.86. The van der Waals surface area contributed by atoms with Crippen LogP contribution in [-0.4, -0.2) is 42.6 Å². The van der Waals surface area contributed by atoms with Gasteiger partial charge in [-0.2, -0.15) is 0 Å². The maximum Gasteiger partial charge on any atom is 0.410 e. The monoisotopic (exact) mass is 517 g/mol. The van der Waals surface area contributed by atoms with Crippen molar-refractivity contribution in [2.45, 2.75) is 58.3 Å². The number of amides is 1. The highest BCUT2D eigenvalue weighted by Gasteiger charge is 2.36. The first kappa shape index (κ1) is 26.1. The zero-order valence-electron chi connectivity index (χ0n) is 22.2. The summed E-state index contributed by atoms with van der Waals surface area (Å²) in [4.78, 5) is 14.5. The Morgan fingerprint density at radius 3 is 2.58 bits per heavy atom. The zero-order valence-corrected chi connectivity index (χ0v) is 22.2. The van der Waals surface area contributed by atoms with Crippen molar-refractivity contribution in [3.63, 3.8) is 0 Å². The lowest BCUT2D eigenvalue weighted by Gasteiger charge is -2.32. The number of carbonyl (C=O) groups excluding carboxylic acids is 1. The number of cyclic esters (lactones) is 1. The van der Waals surface area contributed by atoms with Gasteiger partial charge in [0.05, 0.1) is 26.4 Å². The predicted octanol–water partition coefficient (Wildman–Crippen LogP) is 6.05. The first-order chi connectivity index (χ1) is 18.4. The molecule has 0 N–H and O–H groups in total. The van der Waals surface area contributed by atoms with Crippen LogP contribution < -0.4 is 9.47 Å². The molecule has 5 rings (SSSR count). The lowest BCUT2D eigenvalue weighted by atomic mass is 10.0. The number of hydrogen-bond acceptors (Lipinski definition) is 6. The molecule has 2 aliphatic rings. The van der Waals surface area contributed by atoms with Crippen LogP contribution in [0, 0.1) is 0 Å². The normalized spacial score (nSPS) is 18.9. The molecule has 7 nitrogen and oxygen atoms in total. The second-order valence-corrected chi connectivity index (χ2v) is 10.3. The van der Waals surface area contributed by atoms with E-state index < -0.39 is 5.79 Å². The lowest BCUT2D eigenvalue weighted by molar-refractivity contribution is -0.180. The SMILES string of the molecule is C[C@@H](Cc1ccc(OCCOCc2ccccc2)cc1)N1C[C@@H](c2ccc3c(c2)COC(C)(C)O3)OC1=O. The van der Waals surface area contributed by atoms with Gasteiger partial charge in [-0.25, -0.2) is 4.79 Å². The molecule has 1 fully saturated rings. The van der Waals surface area contributed by atoms with Crippen molar-refractivity contribution in [1.82, 2.24) is 4.90 Å². The average Bonchev–Trinajstić information content (AvgIpc) is 3.31. The van der Waals surface area contributed by atoms with Crippen LogP contribution in [0.2, 0.25) is 0 Å². The van der Waals surface area contributed by atoms with Gasteiger partial charge in [-0.1, -0.05) is 48.5 Å². The third-order valence-corrected chi connectivity index (χ3v) is 6.82. The van der Waals surface area contributed by atoms with Gasteiger partial charge in [0, 0.05) is 25.5 Å². The molecule has 200 valence electrons. The highest BCUT2D eigenvalue weighted by molar-refractivity contribution is 5.70. The van der Waals surface area contributed by atoms with Gasteiger partial charge in [0.1, 0.15) is 24.2 Å². The summed E-state index contributed by atoms with van der Waals surface area (Å²) in [5, 5.41) is 0. The molecule has 7 heteroatoms. The Labute approximate surface area is 224 Å². The Bertz CT molecular complexity index is 1230. The second kappa shape index (κ2) is 11.5. The Hall–Kier alpha value is -3.55. The van der Waals surface area contributed by atoms with Gasteiger partial charge in [-0.15, -0.1) is 0 Å². The van der Waals surface area contributed by atoms with Gasteiger partial charge in [0.15, 0.2) is 0 Å². The number of nitrogens with zero attached hydrogens (tertiary/aromatic N) is 1. The number of fused-ring (bicyclic) bond motifs is 1. The molecule has 2 heterocycles. The van der Waals surface area contributed by atoms with E-state index in [0.717, 1.165) is 40.2 Å². The van der Waals surface area contributed by atoms with E-state index in [1.165, 1.54) is 0 Å². The topological polar surface area (TPSA) is 66.5 Å². The average molecular weight is 518 g/mol. The van der Waals surface area contributed by atoms with E-state index in [4.69, 9.17) is 23.7 Å². The molecule has 0 spiro atoms. The summed E-state index contributed by atoms with van der Waals surface area (Å²) < 4.78 is 28.9. The summed E-state index contributed by atoms with van der Waals surface area (Å²) in [5.74, 6) is 0.975. The molecule has 0 radical (unpaired) electrons. The Balaban J connectivity index is 1.09. The van der Waals surface area contributed by atoms with Gasteiger partial charge >= 0.3 is 6.09 Å². The van der Waals surface area contributed by atoms with Crippen LogP contribution in [0.25, 0.3) is 0 Å². The van der Waals surface area contributed by atoms with Crippen LogP contribution in [0.1, 0.15) is 49.1 Å². The minimum Gasteiger partial charge on any atom is -0.491 e. The number of benzene rings is 3. The fourth-order valence-corrected chi connectivity index (χ4v) is 4.73. The van der Waals surface area contributed by atoms with E-state index in [1.807, 2.05) is 86.6 Å². The van der Waals surface area contributed by atoms with Gasteiger partial charge in [0.2, 0.25) is 5.79 Å². The minimum atomic E-state index is -0.637. The third-order valence-electron chi connectivity index (χ3n) is 6.82. The van der Waals surface area contributed by atoms with Crippen molar-refractivity contribution in [3.8, 4) is 11.5 Å². The van der Waals surface area contributed by atoms with E-state index >= 15 is 0 Å². The minimum absolute atomic E-state index is 0.00394. The summed E-state index contributed by atoms with van der Waals surface area (Å²) in [7, 11) is 0. The molecular formula is C31H35NO6. The zero-order chi connectivity index (χ0) is 26.5. The molecule has 0 bridgehead atoms. The van der Waals surface area contributed by atoms with Crippen molar-refractivity contribution in [2.75, 3.05) is 19.8 Å². The molecule has 3 aromatic carbocycles. The fourth-order valence-electron chi connectivity index (χ4n) is 4.73. The summed E-state index contributed by atoms with van der Waals surface area (Å²) in [6.45, 7) is 8.41. The lowest BCUT2D eigenvalue weighted by Crippen LogP contribution is -2.35. The maximum absolute atomic E-state index is 12.7. The first-order valence-electron chi connectivity index (χ1n) is 13.1. The molecule has 2 atom stereocenters. The first-order valence-corrected chi connectivity index (χ1v) is 13.1. The Morgan fingerprint density at radius 1 is 1.00 bits per heavy atom. The molecule has 0 aliphatic carbocycles. The van der Waals surface area contributed by atoms with Crippen LogP contribution in [0.4, 0.5) is 4.79 Å². The highest BCUT2D eigenvalue weighted by Crippen LogP contribution is 2.35. The summed E-state index contributed by atoms with van der Waals surface area (Å²) in [5.41, 5.74) is 4.20. The van der Waals surface area contributed by atoms with E-state index in [9.17, 15) is 4.79 Å². The molecule has 0 saturated carbocycles. The molecule has 0 aromatic heterocycles. The second-order valence-electron chi connectivity index (χ2n) is 10.3. The van der Waals surface area contributed by atoms with Gasteiger partial charge in [-0.05, 0) is 54.3 Å². The van der Waals surface area contributed by atoms with E-state index in [1.54, 1.807) is 4.90 Å². The van der Waals surface area contributed by atoms with Gasteiger partial charge < -0.3 is 28.6 Å². The van der Waals surface area contributed by atoms with Crippen molar-refractivity contribution < 1.29 is 28.5 Å². The molecular weight excluding hydrogens is 482 g/mol. The summed E-state index contributed by atoms with van der Waals surface area (Å²) in [6, 6.07) is 24.0. The van der Waals surface area contributed by atoms with E-state index in [0.29, 0.717) is 33.0 Å². The molecule has 1 amide bonds. The predicted molar refractivity (Wildman–Crippen MR) is 143 cm³/mol. The number of rotatable bonds is 10. The third kappa shape index (κ3) is 6.47. The van der Waals surface area contributed by atoms with Gasteiger partial charge in [-0.3, -0.25) is 0 Å². The Morgan fingerprint density at radius 2 is 1.79 bits per heavy atom. The largest absolute Gasteiger partial charge is 0.491 e. The number of carbonyl (C=O) groups is 1. The standard InChI is InChI=1S/C31H35NO6/c1-22(17-23-9-12-27(13-10-23)35-16-15-34-20-24-7-5-4-6-8-24)32-19-29(37-30(32)33)25-11-14-28-26(18-25)21-36-31(2,3)38-28/h4-14,18,22,29H,15-17,19-21H2,1-3H3/t22-,29-/m0/s1. The van der Waals surface area contributed by atoms with E-state index in [-0.39, 0.29) is 18.2 Å². The van der Waals surface area contributed by atoms with Crippen LogP contribution in [0.3, 0.4) is 0 Å². The van der Waals surface area contributed by atoms with Crippen LogP contribution in [0.15, 0.2) is 72.8 Å². The van der Waals surface area contributed by atoms with Crippen molar-refractivity contribution >= 4 is 6.09 Å². The molecule has 38 heavy (non-hydrogen) atoms. The quantitative estimate of drug-likeness (QED) is 0.305. The molecule has 1 saturated heterocycles. The highest BCUT2D eigenvalue weighted by atomic mass is 16.7. The van der Waals surface area contributed by atoms with Crippen LogP contribution >= 0.6 is 0 Å². The van der Waals surface area contributed by atoms with E-state index in [2.05, 4.69) is 6.92 Å². The van der Waals surface area contributed by atoms with Crippen molar-refractivity contribution in [1.29, 1.82) is 0 Å². The summed E-state index contributed by atoms with van der Waals surface area (Å²) >= 11 is 0. The van der Waals surface area contributed by atoms with Crippen LogP contribution in [0.5, 0.6) is 11.5 Å². The number of hydrogen-bond donors (Lipinski definition) is 0.